The molecule has 2 aromatic heterocycles. The summed E-state index contributed by atoms with van der Waals surface area (Å²) in [7, 11) is 0. The van der Waals surface area contributed by atoms with Crippen LogP contribution in [0.5, 0.6) is 0 Å². The van der Waals surface area contributed by atoms with Gasteiger partial charge >= 0.3 is 0 Å². The van der Waals surface area contributed by atoms with Crippen LogP contribution in [-0.2, 0) is 17.8 Å². The van der Waals surface area contributed by atoms with Crippen LogP contribution in [0, 0.1) is 5.92 Å². The summed E-state index contributed by atoms with van der Waals surface area (Å²) >= 11 is 0. The van der Waals surface area contributed by atoms with Gasteiger partial charge in [0.25, 0.3) is 0 Å². The van der Waals surface area contributed by atoms with E-state index in [0.717, 1.165) is 50.4 Å². The van der Waals surface area contributed by atoms with E-state index in [2.05, 4.69) is 30.3 Å². The molecule has 24 heavy (non-hydrogen) atoms. The molecule has 2 aromatic rings. The van der Waals surface area contributed by atoms with Crippen LogP contribution in [0.2, 0.25) is 0 Å². The molecular formula is C16H21N7O. The van der Waals surface area contributed by atoms with Crippen LogP contribution in [0.1, 0.15) is 25.1 Å². The largest absolute Gasteiger partial charge is 0.355 e. The van der Waals surface area contributed by atoms with Gasteiger partial charge < -0.3 is 10.2 Å². The fraction of sp³-hybridized carbons (Fsp3) is 0.562. The highest BCUT2D eigenvalue weighted by Gasteiger charge is 2.28. The quantitative estimate of drug-likeness (QED) is 0.879. The first-order valence-electron chi connectivity index (χ1n) is 8.47. The lowest BCUT2D eigenvalue weighted by atomic mass is 9.97. The Balaban J connectivity index is 1.29. The summed E-state index contributed by atoms with van der Waals surface area (Å²) in [6.07, 6.45) is 10.3. The first-order valence-corrected chi connectivity index (χ1v) is 8.47. The Kier molecular flexibility index (Phi) is 4.10. The predicted octanol–water partition coefficient (Wildman–Crippen LogP) is 0.416. The highest BCUT2D eigenvalue weighted by Crippen LogP contribution is 2.20. The molecular weight excluding hydrogens is 306 g/mol. The molecule has 0 aromatic carbocycles. The second kappa shape index (κ2) is 6.54. The molecule has 1 saturated heterocycles. The molecule has 1 N–H and O–H groups in total. The van der Waals surface area contributed by atoms with Crippen molar-refractivity contribution < 1.29 is 4.79 Å². The number of aryl methyl sites for hydroxylation is 1. The number of amides is 1. The number of rotatable bonds is 3. The normalized spacial score (nSPS) is 21.3. The minimum atomic E-state index is -0.00257. The topological polar surface area (TPSA) is 88.8 Å². The Hall–Kier alpha value is -2.51. The van der Waals surface area contributed by atoms with Gasteiger partial charge in [-0.05, 0) is 19.3 Å². The lowest BCUT2D eigenvalue weighted by molar-refractivity contribution is -0.126. The van der Waals surface area contributed by atoms with Gasteiger partial charge in [-0.2, -0.15) is 5.10 Å². The first-order chi connectivity index (χ1) is 11.8. The Morgan fingerprint density at radius 2 is 2.04 bits per heavy atom. The number of piperidine rings is 1. The summed E-state index contributed by atoms with van der Waals surface area (Å²) in [6.45, 7) is 2.42. The van der Waals surface area contributed by atoms with Crippen molar-refractivity contribution in [2.24, 2.45) is 5.92 Å². The fourth-order valence-corrected chi connectivity index (χ4v) is 3.48. The van der Waals surface area contributed by atoms with Crippen molar-refractivity contribution in [2.75, 3.05) is 18.0 Å². The number of nitrogens with one attached hydrogen (secondary N) is 1. The van der Waals surface area contributed by atoms with Gasteiger partial charge in [-0.1, -0.05) is 0 Å². The van der Waals surface area contributed by atoms with Gasteiger partial charge in [0, 0.05) is 37.9 Å². The molecule has 0 aliphatic carbocycles. The lowest BCUT2D eigenvalue weighted by Gasteiger charge is -2.34. The first kappa shape index (κ1) is 15.0. The van der Waals surface area contributed by atoms with E-state index in [1.807, 2.05) is 4.68 Å². The SMILES string of the molecule is O=C(NC1CCN(c2cnccn2)CC1)C1CCc2ncnn2C1. The molecule has 8 nitrogen and oxygen atoms in total. The van der Waals surface area contributed by atoms with Crippen molar-refractivity contribution in [3.05, 3.63) is 30.7 Å². The molecule has 0 bridgehead atoms. The summed E-state index contributed by atoms with van der Waals surface area (Å²) < 4.78 is 1.85. The van der Waals surface area contributed by atoms with Crippen LogP contribution in [0.4, 0.5) is 5.82 Å². The smallest absolute Gasteiger partial charge is 0.225 e. The predicted molar refractivity (Wildman–Crippen MR) is 87.2 cm³/mol. The standard InChI is InChI=1S/C16H21N7O/c24-16(12-1-2-14-19-11-20-23(14)10-12)21-13-3-7-22(8-4-13)15-9-17-5-6-18-15/h5-6,9,11-13H,1-4,7-8,10H2,(H,21,24). The monoisotopic (exact) mass is 327 g/mol. The Labute approximate surface area is 140 Å². The molecule has 0 radical (unpaired) electrons. The zero-order valence-corrected chi connectivity index (χ0v) is 13.5. The molecule has 2 aliphatic rings. The van der Waals surface area contributed by atoms with Crippen LogP contribution < -0.4 is 10.2 Å². The summed E-state index contributed by atoms with van der Waals surface area (Å²) in [6, 6.07) is 0.238. The van der Waals surface area contributed by atoms with Crippen LogP contribution in [-0.4, -0.2) is 49.8 Å². The number of hydrogen-bond donors (Lipinski definition) is 1. The van der Waals surface area contributed by atoms with E-state index in [1.165, 1.54) is 0 Å². The number of aromatic nitrogens is 5. The highest BCUT2D eigenvalue weighted by molar-refractivity contribution is 5.79. The van der Waals surface area contributed by atoms with E-state index in [9.17, 15) is 4.79 Å². The number of fused-ring (bicyclic) bond motifs is 1. The molecule has 4 rings (SSSR count). The van der Waals surface area contributed by atoms with E-state index in [-0.39, 0.29) is 17.9 Å². The number of carbonyl (C=O) groups is 1. The van der Waals surface area contributed by atoms with Gasteiger partial charge in [-0.25, -0.2) is 14.6 Å². The molecule has 1 atom stereocenters. The van der Waals surface area contributed by atoms with E-state index in [1.54, 1.807) is 24.9 Å². The minimum absolute atomic E-state index is 0.00257. The Bertz CT molecular complexity index is 693. The Morgan fingerprint density at radius 1 is 1.17 bits per heavy atom. The molecule has 4 heterocycles. The molecule has 2 aliphatic heterocycles. The number of hydrogen-bond acceptors (Lipinski definition) is 6. The van der Waals surface area contributed by atoms with Crippen molar-refractivity contribution in [3.63, 3.8) is 0 Å². The molecule has 1 unspecified atom stereocenters. The maximum atomic E-state index is 12.5. The second-order valence-corrected chi connectivity index (χ2v) is 6.43. The van der Waals surface area contributed by atoms with Crippen molar-refractivity contribution in [1.29, 1.82) is 0 Å². The molecule has 1 fully saturated rings. The van der Waals surface area contributed by atoms with E-state index < -0.39 is 0 Å². The van der Waals surface area contributed by atoms with Gasteiger partial charge in [0.15, 0.2) is 0 Å². The van der Waals surface area contributed by atoms with Crippen molar-refractivity contribution in [1.82, 2.24) is 30.0 Å². The van der Waals surface area contributed by atoms with Crippen LogP contribution in [0.15, 0.2) is 24.9 Å². The van der Waals surface area contributed by atoms with Crippen LogP contribution in [0.3, 0.4) is 0 Å². The van der Waals surface area contributed by atoms with Gasteiger partial charge in [-0.15, -0.1) is 0 Å². The third-order valence-electron chi connectivity index (χ3n) is 4.89. The average molecular weight is 327 g/mol. The van der Waals surface area contributed by atoms with E-state index in [0.29, 0.717) is 6.54 Å². The molecule has 0 spiro atoms. The number of anilines is 1. The van der Waals surface area contributed by atoms with Gasteiger partial charge in [0.1, 0.15) is 18.0 Å². The number of carbonyl (C=O) groups excluding carboxylic acids is 1. The second-order valence-electron chi connectivity index (χ2n) is 6.43. The number of nitrogens with zero attached hydrogens (tertiary/aromatic N) is 6. The van der Waals surface area contributed by atoms with E-state index in [4.69, 9.17) is 0 Å². The maximum absolute atomic E-state index is 12.5. The summed E-state index contributed by atoms with van der Waals surface area (Å²) in [5.74, 6) is 2.04. The van der Waals surface area contributed by atoms with Crippen molar-refractivity contribution in [2.45, 2.75) is 38.3 Å². The summed E-state index contributed by atoms with van der Waals surface area (Å²) in [4.78, 5) is 27.4. The van der Waals surface area contributed by atoms with E-state index >= 15 is 0 Å². The lowest BCUT2D eigenvalue weighted by Crippen LogP contribution is -2.47. The fourth-order valence-electron chi connectivity index (χ4n) is 3.48. The van der Waals surface area contributed by atoms with Crippen molar-refractivity contribution >= 4 is 11.7 Å². The zero-order valence-electron chi connectivity index (χ0n) is 13.5. The maximum Gasteiger partial charge on any atom is 0.225 e. The molecule has 8 heteroatoms. The molecule has 1 amide bonds. The molecule has 126 valence electrons. The Morgan fingerprint density at radius 3 is 2.83 bits per heavy atom. The van der Waals surface area contributed by atoms with Crippen LogP contribution >= 0.6 is 0 Å². The zero-order chi connectivity index (χ0) is 16.4. The summed E-state index contributed by atoms with van der Waals surface area (Å²) in [5.41, 5.74) is 0. The highest BCUT2D eigenvalue weighted by atomic mass is 16.2. The van der Waals surface area contributed by atoms with Gasteiger partial charge in [0.05, 0.1) is 18.7 Å². The molecule has 0 saturated carbocycles. The van der Waals surface area contributed by atoms with Gasteiger partial charge in [0.2, 0.25) is 5.91 Å². The summed E-state index contributed by atoms with van der Waals surface area (Å²) in [5, 5.41) is 7.41. The van der Waals surface area contributed by atoms with Crippen LogP contribution in [0.25, 0.3) is 0 Å². The van der Waals surface area contributed by atoms with Crippen molar-refractivity contribution in [3.8, 4) is 0 Å². The minimum Gasteiger partial charge on any atom is -0.355 e. The average Bonchev–Trinajstić information content (AvgIpc) is 3.11. The third kappa shape index (κ3) is 3.08. The van der Waals surface area contributed by atoms with Gasteiger partial charge in [-0.3, -0.25) is 9.78 Å². The third-order valence-corrected chi connectivity index (χ3v) is 4.89.